The third-order valence-electron chi connectivity index (χ3n) is 4.90. The van der Waals surface area contributed by atoms with E-state index in [9.17, 15) is 14.7 Å². The van der Waals surface area contributed by atoms with Gasteiger partial charge in [0.15, 0.2) is 0 Å². The molecule has 1 aliphatic heterocycles. The summed E-state index contributed by atoms with van der Waals surface area (Å²) in [6, 6.07) is 9.55. The van der Waals surface area contributed by atoms with Crippen molar-refractivity contribution in [2.75, 3.05) is 26.9 Å². The first kappa shape index (κ1) is 21.6. The van der Waals surface area contributed by atoms with Crippen LogP contribution >= 0.6 is 0 Å². The second-order valence-electron chi connectivity index (χ2n) is 7.16. The number of methoxy groups -OCH3 is 1. The van der Waals surface area contributed by atoms with Gasteiger partial charge in [0.1, 0.15) is 29.1 Å². The molecule has 1 saturated heterocycles. The van der Waals surface area contributed by atoms with E-state index in [1.807, 2.05) is 6.92 Å². The number of aryl methyl sites for hydroxylation is 1. The lowest BCUT2D eigenvalue weighted by atomic mass is 9.99. The Balaban J connectivity index is 2.05. The van der Waals surface area contributed by atoms with Crippen molar-refractivity contribution in [2.24, 2.45) is 0 Å². The highest BCUT2D eigenvalue weighted by atomic mass is 16.5. The number of likely N-dealkylation sites (tertiary alicyclic amines) is 1. The van der Waals surface area contributed by atoms with Gasteiger partial charge in [0.05, 0.1) is 12.2 Å². The zero-order valence-electron chi connectivity index (χ0n) is 17.5. The molecule has 1 atom stereocenters. The Labute approximate surface area is 175 Å². The molecule has 3 rings (SSSR count). The van der Waals surface area contributed by atoms with Crippen LogP contribution in [-0.4, -0.2) is 48.6 Å². The molecule has 2 heterocycles. The molecule has 0 spiro atoms. The summed E-state index contributed by atoms with van der Waals surface area (Å²) in [5, 5.41) is 11.0. The van der Waals surface area contributed by atoms with Crippen LogP contribution in [0, 0.1) is 6.92 Å². The van der Waals surface area contributed by atoms with Gasteiger partial charge in [0.2, 0.25) is 0 Å². The maximum atomic E-state index is 12.9. The van der Waals surface area contributed by atoms with Crippen LogP contribution in [-0.2, 0) is 14.3 Å². The minimum absolute atomic E-state index is 0.0133. The number of carbonyl (C=O) groups is 2. The van der Waals surface area contributed by atoms with Crippen molar-refractivity contribution in [1.29, 1.82) is 0 Å². The lowest BCUT2D eigenvalue weighted by molar-refractivity contribution is -0.140. The molecule has 1 amide bonds. The Morgan fingerprint density at radius 1 is 1.20 bits per heavy atom. The quantitative estimate of drug-likeness (QED) is 0.291. The van der Waals surface area contributed by atoms with Crippen molar-refractivity contribution in [3.8, 4) is 5.75 Å². The molecule has 0 radical (unpaired) electrons. The van der Waals surface area contributed by atoms with Crippen LogP contribution in [0.2, 0.25) is 0 Å². The summed E-state index contributed by atoms with van der Waals surface area (Å²) < 4.78 is 16.5. The number of rotatable bonds is 9. The zero-order chi connectivity index (χ0) is 21.7. The van der Waals surface area contributed by atoms with E-state index in [2.05, 4.69) is 0 Å². The minimum atomic E-state index is -0.796. The summed E-state index contributed by atoms with van der Waals surface area (Å²) in [6.07, 6.45) is 1.40. The predicted molar refractivity (Wildman–Crippen MR) is 111 cm³/mol. The van der Waals surface area contributed by atoms with E-state index in [0.29, 0.717) is 49.0 Å². The number of hydrogen-bond acceptors (Lipinski definition) is 6. The van der Waals surface area contributed by atoms with Gasteiger partial charge in [0.25, 0.3) is 11.7 Å². The molecule has 30 heavy (non-hydrogen) atoms. The number of aliphatic hydroxyl groups excluding tert-OH is 1. The van der Waals surface area contributed by atoms with Gasteiger partial charge in [-0.1, -0.05) is 19.1 Å². The van der Waals surface area contributed by atoms with Gasteiger partial charge in [-0.2, -0.15) is 0 Å². The number of nitrogens with zero attached hydrogens (tertiary/aromatic N) is 1. The second kappa shape index (κ2) is 9.63. The van der Waals surface area contributed by atoms with Crippen LogP contribution in [0.1, 0.15) is 42.9 Å². The second-order valence-corrected chi connectivity index (χ2v) is 7.16. The largest absolute Gasteiger partial charge is 0.507 e. The first-order chi connectivity index (χ1) is 14.5. The Kier molecular flexibility index (Phi) is 6.95. The fourth-order valence-corrected chi connectivity index (χ4v) is 3.49. The Morgan fingerprint density at radius 2 is 2.00 bits per heavy atom. The van der Waals surface area contributed by atoms with E-state index >= 15 is 0 Å². The maximum Gasteiger partial charge on any atom is 0.295 e. The van der Waals surface area contributed by atoms with Crippen LogP contribution in [0.5, 0.6) is 5.75 Å². The fraction of sp³-hybridized carbons (Fsp3) is 0.391. The normalized spacial score (nSPS) is 18.2. The van der Waals surface area contributed by atoms with Crippen molar-refractivity contribution in [3.63, 3.8) is 0 Å². The molecule has 1 aliphatic rings. The Bertz CT molecular complexity index is 945. The molecular weight excluding hydrogens is 386 g/mol. The zero-order valence-corrected chi connectivity index (χ0v) is 17.5. The molecule has 7 heteroatoms. The standard InChI is InChI=1S/C23H27NO6/c1-4-12-29-17-8-5-7-16(14-17)21(25)19-20(18-10-9-15(2)30-18)24(11-6-13-28-3)23(27)22(19)26/h5,7-10,14,20,25H,4,6,11-13H2,1-3H3/b21-19+. The number of furan rings is 1. The van der Waals surface area contributed by atoms with Crippen LogP contribution in [0.15, 0.2) is 46.4 Å². The number of hydrogen-bond donors (Lipinski definition) is 1. The predicted octanol–water partition coefficient (Wildman–Crippen LogP) is 3.84. The van der Waals surface area contributed by atoms with Gasteiger partial charge in [-0.15, -0.1) is 0 Å². The van der Waals surface area contributed by atoms with Gasteiger partial charge in [-0.25, -0.2) is 0 Å². The average Bonchev–Trinajstić information content (AvgIpc) is 3.28. The molecule has 0 saturated carbocycles. The molecule has 1 aromatic carbocycles. The molecule has 1 fully saturated rings. The van der Waals surface area contributed by atoms with E-state index in [4.69, 9.17) is 13.9 Å². The summed E-state index contributed by atoms with van der Waals surface area (Å²) in [4.78, 5) is 27.1. The van der Waals surface area contributed by atoms with Crippen molar-refractivity contribution >= 4 is 17.4 Å². The fourth-order valence-electron chi connectivity index (χ4n) is 3.49. The smallest absolute Gasteiger partial charge is 0.295 e. The van der Waals surface area contributed by atoms with E-state index < -0.39 is 17.7 Å². The van der Waals surface area contributed by atoms with Crippen LogP contribution in [0.3, 0.4) is 0 Å². The SMILES string of the molecule is CCCOc1cccc(/C(O)=C2\C(=O)C(=O)N(CCCOC)C2c2ccc(C)o2)c1. The molecule has 160 valence electrons. The first-order valence-corrected chi connectivity index (χ1v) is 10.0. The number of aliphatic hydroxyl groups is 1. The number of ketones is 1. The third kappa shape index (κ3) is 4.41. The third-order valence-corrected chi connectivity index (χ3v) is 4.90. The number of Topliss-reactive ketones (excluding diaryl/α,β-unsaturated/α-hetero) is 1. The van der Waals surface area contributed by atoms with Gasteiger partial charge in [0, 0.05) is 25.8 Å². The van der Waals surface area contributed by atoms with Gasteiger partial charge >= 0.3 is 0 Å². The van der Waals surface area contributed by atoms with Gasteiger partial charge in [-0.05, 0) is 44.0 Å². The van der Waals surface area contributed by atoms with Crippen molar-refractivity contribution < 1.29 is 28.6 Å². The molecule has 2 aromatic rings. The monoisotopic (exact) mass is 413 g/mol. The summed E-state index contributed by atoms with van der Waals surface area (Å²) in [5.74, 6) is 0.0321. The summed E-state index contributed by atoms with van der Waals surface area (Å²) in [5.41, 5.74) is 0.422. The van der Waals surface area contributed by atoms with Crippen molar-refractivity contribution in [2.45, 2.75) is 32.7 Å². The molecule has 1 N–H and O–H groups in total. The Morgan fingerprint density at radius 3 is 2.67 bits per heavy atom. The van der Waals surface area contributed by atoms with Crippen LogP contribution in [0.25, 0.3) is 5.76 Å². The lowest BCUT2D eigenvalue weighted by Crippen LogP contribution is -2.31. The van der Waals surface area contributed by atoms with Crippen molar-refractivity contribution in [1.82, 2.24) is 4.90 Å². The Hall–Kier alpha value is -3.06. The number of carbonyl (C=O) groups excluding carboxylic acids is 2. The van der Waals surface area contributed by atoms with Crippen molar-refractivity contribution in [3.05, 3.63) is 59.1 Å². The number of ether oxygens (including phenoxy) is 2. The number of benzene rings is 1. The van der Waals surface area contributed by atoms with E-state index in [1.165, 1.54) is 4.90 Å². The number of amides is 1. The molecule has 1 aromatic heterocycles. The van der Waals surface area contributed by atoms with E-state index in [0.717, 1.165) is 6.42 Å². The molecule has 0 bridgehead atoms. The molecule has 1 unspecified atom stereocenters. The highest BCUT2D eigenvalue weighted by Crippen LogP contribution is 2.40. The first-order valence-electron chi connectivity index (χ1n) is 10.0. The highest BCUT2D eigenvalue weighted by Gasteiger charge is 2.47. The minimum Gasteiger partial charge on any atom is -0.507 e. The maximum absolute atomic E-state index is 12.9. The van der Waals surface area contributed by atoms with E-state index in [-0.39, 0.29) is 11.3 Å². The van der Waals surface area contributed by atoms with Crippen LogP contribution in [0.4, 0.5) is 0 Å². The van der Waals surface area contributed by atoms with E-state index in [1.54, 1.807) is 50.4 Å². The molecule has 0 aliphatic carbocycles. The summed E-state index contributed by atoms with van der Waals surface area (Å²) >= 11 is 0. The van der Waals surface area contributed by atoms with Gasteiger partial charge in [-0.3, -0.25) is 9.59 Å². The van der Waals surface area contributed by atoms with Crippen LogP contribution < -0.4 is 4.74 Å². The average molecular weight is 413 g/mol. The highest BCUT2D eigenvalue weighted by molar-refractivity contribution is 6.46. The molecule has 7 nitrogen and oxygen atoms in total. The van der Waals surface area contributed by atoms with Gasteiger partial charge < -0.3 is 23.9 Å². The molecular formula is C23H27NO6. The summed E-state index contributed by atoms with van der Waals surface area (Å²) in [6.45, 7) is 5.08. The summed E-state index contributed by atoms with van der Waals surface area (Å²) in [7, 11) is 1.58. The lowest BCUT2D eigenvalue weighted by Gasteiger charge is -2.23. The topological polar surface area (TPSA) is 89.2 Å².